The molecule has 0 radical (unpaired) electrons. The molecule has 1 unspecified atom stereocenters. The first-order valence-electron chi connectivity index (χ1n) is 9.31. The smallest absolute Gasteiger partial charge is 0.330 e. The van der Waals surface area contributed by atoms with Crippen molar-refractivity contribution in [3.8, 4) is 11.8 Å². The van der Waals surface area contributed by atoms with E-state index in [0.717, 1.165) is 17.4 Å². The monoisotopic (exact) mass is 366 g/mol. The third-order valence-corrected chi connectivity index (χ3v) is 4.50. The summed E-state index contributed by atoms with van der Waals surface area (Å²) in [5.41, 5.74) is -1.08. The molecule has 6 nitrogen and oxygen atoms in total. The molecule has 2 heterocycles. The zero-order valence-electron chi connectivity index (χ0n) is 15.2. The number of nitrogens with zero attached hydrogens (tertiary/aromatic N) is 1. The number of nitrogens with one attached hydrogen (secondary N) is 1. The summed E-state index contributed by atoms with van der Waals surface area (Å²) in [6.45, 7) is 1.72. The minimum Gasteiger partial charge on any atom is -0.394 e. The van der Waals surface area contributed by atoms with Gasteiger partial charge in [-0.25, -0.2) is 9.18 Å². The number of halogens is 1. The van der Waals surface area contributed by atoms with E-state index < -0.39 is 36.4 Å². The van der Waals surface area contributed by atoms with Crippen LogP contribution < -0.4 is 11.2 Å². The molecular formula is C19H27FN2O4. The Kier molecular flexibility index (Phi) is 8.07. The second kappa shape index (κ2) is 10.3. The van der Waals surface area contributed by atoms with E-state index in [0.29, 0.717) is 6.42 Å². The quantitative estimate of drug-likeness (QED) is 0.546. The van der Waals surface area contributed by atoms with Crippen molar-refractivity contribution in [2.45, 2.75) is 76.8 Å². The van der Waals surface area contributed by atoms with Crippen LogP contribution in [0.15, 0.2) is 15.8 Å². The zero-order chi connectivity index (χ0) is 18.9. The van der Waals surface area contributed by atoms with E-state index in [1.807, 2.05) is 0 Å². The predicted molar refractivity (Wildman–Crippen MR) is 96.7 cm³/mol. The van der Waals surface area contributed by atoms with Gasteiger partial charge in [0.1, 0.15) is 24.1 Å². The van der Waals surface area contributed by atoms with Crippen LogP contribution in [-0.4, -0.2) is 33.5 Å². The highest BCUT2D eigenvalue weighted by atomic mass is 19.1. The molecule has 0 saturated carbocycles. The number of aromatic amines is 1. The molecule has 3 atom stereocenters. The van der Waals surface area contributed by atoms with Crippen molar-refractivity contribution in [2.75, 3.05) is 6.61 Å². The van der Waals surface area contributed by atoms with Crippen molar-refractivity contribution in [1.29, 1.82) is 0 Å². The van der Waals surface area contributed by atoms with Crippen LogP contribution in [0, 0.1) is 11.8 Å². The van der Waals surface area contributed by atoms with E-state index in [2.05, 4.69) is 23.7 Å². The van der Waals surface area contributed by atoms with Crippen molar-refractivity contribution >= 4 is 0 Å². The standard InChI is InChI=1S/C19H27FN2O4/c1-2-3-4-5-6-7-8-9-10-14-12-22(19(25)21-18(14)24)17-11-15(20)16(13-23)26-17/h12,15-17,23H,2-8,11,13H2,1H3,(H,21,24,25)/t15?,16-,17-/m1/s1. The lowest BCUT2D eigenvalue weighted by molar-refractivity contribution is -0.0356. The molecule has 1 aromatic rings. The normalized spacial score (nSPS) is 22.2. The summed E-state index contributed by atoms with van der Waals surface area (Å²) in [6, 6.07) is 0. The summed E-state index contributed by atoms with van der Waals surface area (Å²) >= 11 is 0. The molecule has 0 spiro atoms. The van der Waals surface area contributed by atoms with Gasteiger partial charge in [0.05, 0.1) is 6.61 Å². The maximum Gasteiger partial charge on any atom is 0.330 e. The van der Waals surface area contributed by atoms with Gasteiger partial charge in [0.15, 0.2) is 0 Å². The van der Waals surface area contributed by atoms with Gasteiger partial charge >= 0.3 is 5.69 Å². The van der Waals surface area contributed by atoms with Gasteiger partial charge in [-0.1, -0.05) is 50.9 Å². The molecule has 1 aliphatic rings. The number of hydrogen-bond donors (Lipinski definition) is 2. The molecule has 0 aliphatic carbocycles. The van der Waals surface area contributed by atoms with E-state index >= 15 is 0 Å². The molecule has 1 aliphatic heterocycles. The molecule has 0 aromatic carbocycles. The third kappa shape index (κ3) is 5.55. The van der Waals surface area contributed by atoms with Crippen LogP contribution in [0.3, 0.4) is 0 Å². The van der Waals surface area contributed by atoms with Gasteiger partial charge in [-0.05, 0) is 6.42 Å². The number of aliphatic hydroxyl groups excluding tert-OH is 1. The Balaban J connectivity index is 1.99. The maximum atomic E-state index is 13.7. The van der Waals surface area contributed by atoms with Gasteiger partial charge in [0.25, 0.3) is 5.56 Å². The van der Waals surface area contributed by atoms with Gasteiger partial charge in [-0.3, -0.25) is 14.3 Å². The molecule has 0 amide bonds. The fourth-order valence-corrected chi connectivity index (χ4v) is 2.96. The fraction of sp³-hybridized carbons (Fsp3) is 0.684. The SMILES string of the molecule is CCCCCCCCC#Cc1cn([C@H]2CC(F)[C@@H](CO)O2)c(=O)[nH]c1=O. The Morgan fingerprint density at radius 2 is 2.04 bits per heavy atom. The summed E-state index contributed by atoms with van der Waals surface area (Å²) in [4.78, 5) is 26.1. The summed E-state index contributed by atoms with van der Waals surface area (Å²) < 4.78 is 20.2. The van der Waals surface area contributed by atoms with Crippen LogP contribution in [0.1, 0.15) is 70.1 Å². The average molecular weight is 366 g/mol. The highest BCUT2D eigenvalue weighted by Gasteiger charge is 2.36. The van der Waals surface area contributed by atoms with Crippen molar-refractivity contribution in [1.82, 2.24) is 9.55 Å². The Bertz CT molecular complexity index is 746. The van der Waals surface area contributed by atoms with Gasteiger partial charge in [0, 0.05) is 19.0 Å². The van der Waals surface area contributed by atoms with Crippen molar-refractivity contribution < 1.29 is 14.2 Å². The second-order valence-corrected chi connectivity index (χ2v) is 6.59. The third-order valence-electron chi connectivity index (χ3n) is 4.50. The number of unbranched alkanes of at least 4 members (excludes halogenated alkanes) is 6. The van der Waals surface area contributed by atoms with Crippen LogP contribution in [0.4, 0.5) is 4.39 Å². The minimum absolute atomic E-state index is 0.0538. The molecule has 0 bridgehead atoms. The van der Waals surface area contributed by atoms with E-state index in [4.69, 9.17) is 9.84 Å². The van der Waals surface area contributed by atoms with Gasteiger partial charge in [0.2, 0.25) is 0 Å². The minimum atomic E-state index is -1.36. The molecule has 1 aromatic heterocycles. The molecule has 144 valence electrons. The number of aromatic nitrogens is 2. The number of H-pyrrole nitrogens is 1. The number of rotatable bonds is 8. The molecule has 1 fully saturated rings. The lowest BCUT2D eigenvalue weighted by atomic mass is 10.1. The Morgan fingerprint density at radius 1 is 1.31 bits per heavy atom. The summed E-state index contributed by atoms with van der Waals surface area (Å²) in [6.07, 6.45) is 5.75. The van der Waals surface area contributed by atoms with Crippen LogP contribution in [0.2, 0.25) is 0 Å². The summed E-state index contributed by atoms with van der Waals surface area (Å²) in [7, 11) is 0. The molecule has 7 heteroatoms. The van der Waals surface area contributed by atoms with Crippen LogP contribution in [0.5, 0.6) is 0 Å². The van der Waals surface area contributed by atoms with E-state index in [1.54, 1.807) is 0 Å². The lowest BCUT2D eigenvalue weighted by Gasteiger charge is -2.14. The Labute approximate surface area is 152 Å². The molecule has 2 rings (SSSR count). The number of alkyl halides is 1. The number of ether oxygens (including phenoxy) is 1. The Hall–Kier alpha value is -1.91. The first-order chi connectivity index (χ1) is 12.6. The van der Waals surface area contributed by atoms with Gasteiger partial charge in [-0.15, -0.1) is 0 Å². The van der Waals surface area contributed by atoms with E-state index in [-0.39, 0.29) is 12.0 Å². The van der Waals surface area contributed by atoms with Crippen molar-refractivity contribution in [3.05, 3.63) is 32.6 Å². The van der Waals surface area contributed by atoms with E-state index in [9.17, 15) is 14.0 Å². The number of hydrogen-bond acceptors (Lipinski definition) is 4. The lowest BCUT2D eigenvalue weighted by Crippen LogP contribution is -2.33. The highest BCUT2D eigenvalue weighted by Crippen LogP contribution is 2.29. The second-order valence-electron chi connectivity index (χ2n) is 6.59. The van der Waals surface area contributed by atoms with Gasteiger partial charge in [-0.2, -0.15) is 0 Å². The van der Waals surface area contributed by atoms with Crippen LogP contribution >= 0.6 is 0 Å². The summed E-state index contributed by atoms with van der Waals surface area (Å²) in [5.74, 6) is 5.75. The fourth-order valence-electron chi connectivity index (χ4n) is 2.96. The van der Waals surface area contributed by atoms with Crippen LogP contribution in [0.25, 0.3) is 0 Å². The summed E-state index contributed by atoms with van der Waals surface area (Å²) in [5, 5.41) is 9.07. The first kappa shape index (κ1) is 20.4. The molecule has 26 heavy (non-hydrogen) atoms. The molecule has 2 N–H and O–H groups in total. The molecule has 1 saturated heterocycles. The predicted octanol–water partition coefficient (Wildman–Crippen LogP) is 2.26. The number of aliphatic hydroxyl groups is 1. The average Bonchev–Trinajstić information content (AvgIpc) is 2.99. The van der Waals surface area contributed by atoms with Crippen molar-refractivity contribution in [2.24, 2.45) is 0 Å². The maximum absolute atomic E-state index is 13.7. The van der Waals surface area contributed by atoms with E-state index in [1.165, 1.54) is 31.9 Å². The van der Waals surface area contributed by atoms with Gasteiger partial charge < -0.3 is 9.84 Å². The first-order valence-corrected chi connectivity index (χ1v) is 9.31. The van der Waals surface area contributed by atoms with Crippen molar-refractivity contribution in [3.63, 3.8) is 0 Å². The molecular weight excluding hydrogens is 339 g/mol. The largest absolute Gasteiger partial charge is 0.394 e. The highest BCUT2D eigenvalue weighted by molar-refractivity contribution is 5.29. The zero-order valence-corrected chi connectivity index (χ0v) is 15.2. The topological polar surface area (TPSA) is 84.3 Å². The Morgan fingerprint density at radius 3 is 2.73 bits per heavy atom. The van der Waals surface area contributed by atoms with Crippen LogP contribution in [-0.2, 0) is 4.74 Å².